The van der Waals surface area contributed by atoms with Gasteiger partial charge in [-0.1, -0.05) is 24.3 Å². The van der Waals surface area contributed by atoms with E-state index in [1.807, 2.05) is 12.1 Å². The van der Waals surface area contributed by atoms with Crippen molar-refractivity contribution in [2.24, 2.45) is 0 Å². The van der Waals surface area contributed by atoms with E-state index in [-0.39, 0.29) is 6.10 Å². The first-order chi connectivity index (χ1) is 10.3. The molecule has 5 nitrogen and oxygen atoms in total. The lowest BCUT2D eigenvalue weighted by Crippen LogP contribution is -2.22. The van der Waals surface area contributed by atoms with E-state index in [9.17, 15) is 4.79 Å². The van der Waals surface area contributed by atoms with Crippen LogP contribution < -0.4 is 0 Å². The minimum atomic E-state index is -0.397. The summed E-state index contributed by atoms with van der Waals surface area (Å²) in [6.07, 6.45) is 4.27. The Morgan fingerprint density at radius 2 is 2.33 bits per heavy atom. The van der Waals surface area contributed by atoms with Crippen LogP contribution in [0.5, 0.6) is 0 Å². The molecule has 0 radical (unpaired) electrons. The number of aromatic nitrogens is 2. The Labute approximate surface area is 123 Å². The molecule has 3 rings (SSSR count). The molecular weight excluding hydrogens is 268 g/mol. The molecule has 0 fully saturated rings. The van der Waals surface area contributed by atoms with Gasteiger partial charge in [-0.05, 0) is 24.5 Å². The highest BCUT2D eigenvalue weighted by atomic mass is 16.5. The summed E-state index contributed by atoms with van der Waals surface area (Å²) in [5.74, 6) is -0.0740. The summed E-state index contributed by atoms with van der Waals surface area (Å²) < 4.78 is 12.7. The van der Waals surface area contributed by atoms with Gasteiger partial charge in [0.1, 0.15) is 6.10 Å². The minimum Gasteiger partial charge on any atom is -0.460 e. The van der Waals surface area contributed by atoms with Crippen molar-refractivity contribution < 1.29 is 14.3 Å². The maximum Gasteiger partial charge on any atom is 0.374 e. The fraction of sp³-hybridized carbons (Fsp3) is 0.375. The van der Waals surface area contributed by atoms with Gasteiger partial charge >= 0.3 is 5.97 Å². The van der Waals surface area contributed by atoms with Gasteiger partial charge in [-0.2, -0.15) is 0 Å². The van der Waals surface area contributed by atoms with Crippen molar-refractivity contribution in [1.29, 1.82) is 0 Å². The van der Waals surface area contributed by atoms with Gasteiger partial charge in [0.15, 0.2) is 0 Å². The van der Waals surface area contributed by atoms with Crippen LogP contribution in [-0.4, -0.2) is 28.7 Å². The summed E-state index contributed by atoms with van der Waals surface area (Å²) in [5.41, 5.74) is 2.50. The quantitative estimate of drug-likeness (QED) is 0.810. The fourth-order valence-electron chi connectivity index (χ4n) is 2.65. The number of carbonyl (C=O) groups is 1. The minimum absolute atomic E-state index is 0.0580. The zero-order chi connectivity index (χ0) is 14.7. The number of imidazole rings is 1. The number of nitrogens with zero attached hydrogens (tertiary/aromatic N) is 2. The van der Waals surface area contributed by atoms with Crippen molar-refractivity contribution in [2.75, 3.05) is 13.2 Å². The lowest BCUT2D eigenvalue weighted by molar-refractivity contribution is 0.0284. The number of hydrogen-bond donors (Lipinski definition) is 0. The maximum absolute atomic E-state index is 11.9. The average molecular weight is 286 g/mol. The van der Waals surface area contributed by atoms with Crippen molar-refractivity contribution in [2.45, 2.75) is 26.0 Å². The van der Waals surface area contributed by atoms with Gasteiger partial charge in [0, 0.05) is 12.4 Å². The monoisotopic (exact) mass is 286 g/mol. The molecule has 5 heteroatoms. The second-order valence-corrected chi connectivity index (χ2v) is 4.93. The van der Waals surface area contributed by atoms with Gasteiger partial charge in [0.05, 0.1) is 19.8 Å². The summed E-state index contributed by atoms with van der Waals surface area (Å²) in [5, 5.41) is 0. The van der Waals surface area contributed by atoms with Crippen molar-refractivity contribution >= 4 is 5.97 Å². The van der Waals surface area contributed by atoms with Crippen LogP contribution in [0.4, 0.5) is 0 Å². The number of ether oxygens (including phenoxy) is 2. The Kier molecular flexibility index (Phi) is 4.01. The molecule has 1 aromatic carbocycles. The van der Waals surface area contributed by atoms with Crippen LogP contribution in [0.2, 0.25) is 0 Å². The predicted octanol–water partition coefficient (Wildman–Crippen LogP) is 2.37. The maximum atomic E-state index is 11.9. The third-order valence-electron chi connectivity index (χ3n) is 3.63. The van der Waals surface area contributed by atoms with E-state index in [0.717, 1.165) is 6.42 Å². The molecule has 21 heavy (non-hydrogen) atoms. The van der Waals surface area contributed by atoms with Gasteiger partial charge in [-0.15, -0.1) is 0 Å². The Morgan fingerprint density at radius 1 is 1.48 bits per heavy atom. The molecule has 0 saturated carbocycles. The molecule has 0 saturated heterocycles. The second kappa shape index (κ2) is 6.10. The molecule has 1 aromatic heterocycles. The molecule has 0 N–H and O–H groups in total. The zero-order valence-electron chi connectivity index (χ0n) is 12.0. The van der Waals surface area contributed by atoms with E-state index < -0.39 is 5.97 Å². The van der Waals surface area contributed by atoms with Crippen LogP contribution in [0.15, 0.2) is 36.7 Å². The average Bonchev–Trinajstić information content (AvgIpc) is 2.96. The Balaban J connectivity index is 1.82. The number of rotatable bonds is 4. The largest absolute Gasteiger partial charge is 0.460 e. The molecule has 1 atom stereocenters. The van der Waals surface area contributed by atoms with E-state index in [2.05, 4.69) is 17.1 Å². The van der Waals surface area contributed by atoms with Gasteiger partial charge < -0.3 is 14.0 Å². The second-order valence-electron chi connectivity index (χ2n) is 4.93. The topological polar surface area (TPSA) is 53.3 Å². The van der Waals surface area contributed by atoms with Gasteiger partial charge in [-0.3, -0.25) is 0 Å². The summed E-state index contributed by atoms with van der Waals surface area (Å²) in [7, 11) is 0. The molecule has 110 valence electrons. The summed E-state index contributed by atoms with van der Waals surface area (Å²) in [6, 6.07) is 8.27. The first-order valence-corrected chi connectivity index (χ1v) is 7.17. The molecule has 0 spiro atoms. The third kappa shape index (κ3) is 2.83. The fourth-order valence-corrected chi connectivity index (χ4v) is 2.65. The van der Waals surface area contributed by atoms with Gasteiger partial charge in [0.25, 0.3) is 0 Å². The van der Waals surface area contributed by atoms with Crippen LogP contribution in [-0.2, 0) is 22.4 Å². The van der Waals surface area contributed by atoms with Gasteiger partial charge in [-0.25, -0.2) is 9.78 Å². The normalized spacial score (nSPS) is 17.3. The lowest BCUT2D eigenvalue weighted by Gasteiger charge is -2.26. The van der Waals surface area contributed by atoms with Crippen LogP contribution in [0, 0.1) is 0 Å². The molecule has 2 heterocycles. The molecular formula is C16H18N2O3. The highest BCUT2D eigenvalue weighted by Gasteiger charge is 2.23. The molecule has 0 bridgehead atoms. The number of hydrogen-bond acceptors (Lipinski definition) is 4. The van der Waals surface area contributed by atoms with E-state index in [1.165, 1.54) is 11.1 Å². The lowest BCUT2D eigenvalue weighted by atomic mass is 9.97. The number of carbonyl (C=O) groups excluding carboxylic acids is 1. The van der Waals surface area contributed by atoms with Crippen molar-refractivity contribution in [3.05, 3.63) is 53.6 Å². The molecule has 0 unspecified atom stereocenters. The van der Waals surface area contributed by atoms with Crippen molar-refractivity contribution in [1.82, 2.24) is 9.55 Å². The standard InChI is InChI=1S/C16H18N2O3/c1-2-20-16(19)15-17-8-9-18(15)11-14-13-6-4-3-5-12(13)7-10-21-14/h3-6,8-9,14H,2,7,10-11H2,1H3/t14-/m1/s1. The Hall–Kier alpha value is -2.14. The van der Waals surface area contributed by atoms with E-state index in [4.69, 9.17) is 9.47 Å². The Bertz CT molecular complexity index is 636. The summed E-state index contributed by atoms with van der Waals surface area (Å²) in [6.45, 7) is 3.39. The van der Waals surface area contributed by atoms with Gasteiger partial charge in [0.2, 0.25) is 5.82 Å². The molecule has 0 amide bonds. The number of esters is 1. The van der Waals surface area contributed by atoms with Crippen LogP contribution in [0.25, 0.3) is 0 Å². The summed E-state index contributed by atoms with van der Waals surface area (Å²) in [4.78, 5) is 16.0. The van der Waals surface area contributed by atoms with Crippen molar-refractivity contribution in [3.63, 3.8) is 0 Å². The number of fused-ring (bicyclic) bond motifs is 1. The Morgan fingerprint density at radius 3 is 3.19 bits per heavy atom. The highest BCUT2D eigenvalue weighted by molar-refractivity contribution is 5.85. The first kappa shape index (κ1) is 13.8. The first-order valence-electron chi connectivity index (χ1n) is 7.17. The molecule has 1 aliphatic heterocycles. The molecule has 2 aromatic rings. The van der Waals surface area contributed by atoms with Crippen molar-refractivity contribution in [3.8, 4) is 0 Å². The predicted molar refractivity (Wildman–Crippen MR) is 77.0 cm³/mol. The highest BCUT2D eigenvalue weighted by Crippen LogP contribution is 2.28. The van der Waals surface area contributed by atoms with Crippen LogP contribution in [0.1, 0.15) is 34.8 Å². The van der Waals surface area contributed by atoms with E-state index in [1.54, 1.807) is 23.9 Å². The summed E-state index contributed by atoms with van der Waals surface area (Å²) >= 11 is 0. The molecule has 1 aliphatic rings. The smallest absolute Gasteiger partial charge is 0.374 e. The molecule has 0 aliphatic carbocycles. The number of benzene rings is 1. The van der Waals surface area contributed by atoms with E-state index >= 15 is 0 Å². The third-order valence-corrected chi connectivity index (χ3v) is 3.63. The SMILES string of the molecule is CCOC(=O)c1nccn1C[C@H]1OCCc2ccccc21. The van der Waals surface area contributed by atoms with E-state index in [0.29, 0.717) is 25.6 Å². The zero-order valence-corrected chi connectivity index (χ0v) is 12.0. The van der Waals surface area contributed by atoms with Crippen LogP contribution >= 0.6 is 0 Å². The van der Waals surface area contributed by atoms with Crippen LogP contribution in [0.3, 0.4) is 0 Å².